The van der Waals surface area contributed by atoms with E-state index >= 15 is 0 Å². The Morgan fingerprint density at radius 2 is 1.87 bits per heavy atom. The Morgan fingerprint density at radius 3 is 2.39 bits per heavy atom. The number of likely N-dealkylation sites (tertiary alicyclic amines) is 1. The smallest absolute Gasteiger partial charge is 0.313 e. The molecular formula is C16H27N5O2. The Balaban J connectivity index is 1.85. The van der Waals surface area contributed by atoms with Gasteiger partial charge in [-0.2, -0.15) is 5.10 Å². The van der Waals surface area contributed by atoms with Crippen LogP contribution >= 0.6 is 0 Å². The molecule has 128 valence electrons. The normalized spacial score (nSPS) is 16.3. The van der Waals surface area contributed by atoms with E-state index in [1.165, 1.54) is 0 Å². The van der Waals surface area contributed by atoms with E-state index in [1.807, 2.05) is 20.9 Å². The molecule has 1 aliphatic heterocycles. The number of nitrogens with one attached hydrogen (secondary N) is 2. The Morgan fingerprint density at radius 1 is 1.22 bits per heavy atom. The molecular weight excluding hydrogens is 294 g/mol. The van der Waals surface area contributed by atoms with Crippen LogP contribution in [0.3, 0.4) is 0 Å². The van der Waals surface area contributed by atoms with Crippen molar-refractivity contribution in [3.05, 3.63) is 11.4 Å². The fourth-order valence-corrected chi connectivity index (χ4v) is 2.99. The molecule has 1 aromatic rings. The summed E-state index contributed by atoms with van der Waals surface area (Å²) in [7, 11) is 1.81. The number of hydrogen-bond acceptors (Lipinski definition) is 4. The van der Waals surface area contributed by atoms with Gasteiger partial charge < -0.3 is 15.5 Å². The molecule has 0 atom stereocenters. The van der Waals surface area contributed by atoms with Crippen molar-refractivity contribution in [3.8, 4) is 0 Å². The quantitative estimate of drug-likeness (QED) is 0.810. The van der Waals surface area contributed by atoms with Gasteiger partial charge in [-0.15, -0.1) is 0 Å². The van der Waals surface area contributed by atoms with Crippen LogP contribution in [0, 0.1) is 13.8 Å². The third kappa shape index (κ3) is 4.31. The van der Waals surface area contributed by atoms with Gasteiger partial charge in [0.15, 0.2) is 0 Å². The number of piperidine rings is 1. The molecule has 0 bridgehead atoms. The molecule has 1 aliphatic rings. The van der Waals surface area contributed by atoms with Crippen LogP contribution in [0.25, 0.3) is 0 Å². The van der Waals surface area contributed by atoms with Crippen LogP contribution in [-0.2, 0) is 16.6 Å². The summed E-state index contributed by atoms with van der Waals surface area (Å²) in [6, 6.07) is 0.0810. The number of anilines is 1. The van der Waals surface area contributed by atoms with E-state index in [0.29, 0.717) is 11.4 Å². The molecule has 1 fully saturated rings. The minimum Gasteiger partial charge on any atom is -0.345 e. The number of amides is 2. The minimum atomic E-state index is -0.625. The third-order valence-electron chi connectivity index (χ3n) is 4.42. The van der Waals surface area contributed by atoms with Gasteiger partial charge in [-0.1, -0.05) is 6.92 Å². The monoisotopic (exact) mass is 321 g/mol. The summed E-state index contributed by atoms with van der Waals surface area (Å²) in [5.41, 5.74) is 2.15. The maximum absolute atomic E-state index is 12.1. The number of hydrogen-bond donors (Lipinski definition) is 2. The molecule has 7 nitrogen and oxygen atoms in total. The van der Waals surface area contributed by atoms with E-state index in [4.69, 9.17) is 0 Å². The fraction of sp³-hybridized carbons (Fsp3) is 0.688. The molecule has 2 amide bonds. The molecule has 0 aromatic carbocycles. The van der Waals surface area contributed by atoms with Crippen LogP contribution in [-0.4, -0.2) is 52.2 Å². The first-order valence-electron chi connectivity index (χ1n) is 8.26. The average molecular weight is 321 g/mol. The molecule has 0 saturated carbocycles. The third-order valence-corrected chi connectivity index (χ3v) is 4.42. The first kappa shape index (κ1) is 17.5. The molecule has 0 radical (unpaired) electrons. The SMILES string of the molecule is CCCN1CCC(NC(=O)C(=O)Nc2c(C)nn(C)c2C)CC1. The lowest BCUT2D eigenvalue weighted by molar-refractivity contribution is -0.136. The summed E-state index contributed by atoms with van der Waals surface area (Å²) < 4.78 is 1.69. The highest BCUT2D eigenvalue weighted by Crippen LogP contribution is 2.18. The zero-order chi connectivity index (χ0) is 17.0. The van der Waals surface area contributed by atoms with Crippen LogP contribution in [0.5, 0.6) is 0 Å². The average Bonchev–Trinajstić information content (AvgIpc) is 2.76. The van der Waals surface area contributed by atoms with Crippen molar-refractivity contribution in [1.82, 2.24) is 20.0 Å². The van der Waals surface area contributed by atoms with Crippen LogP contribution in [0.4, 0.5) is 5.69 Å². The van der Waals surface area contributed by atoms with Gasteiger partial charge in [-0.05, 0) is 39.7 Å². The summed E-state index contributed by atoms with van der Waals surface area (Å²) >= 11 is 0. The van der Waals surface area contributed by atoms with E-state index in [-0.39, 0.29) is 6.04 Å². The molecule has 0 aliphatic carbocycles. The molecule has 2 N–H and O–H groups in total. The van der Waals surface area contributed by atoms with Crippen molar-refractivity contribution in [2.24, 2.45) is 7.05 Å². The Labute approximate surface area is 137 Å². The van der Waals surface area contributed by atoms with Gasteiger partial charge >= 0.3 is 11.8 Å². The zero-order valence-corrected chi connectivity index (χ0v) is 14.5. The van der Waals surface area contributed by atoms with Crippen molar-refractivity contribution in [1.29, 1.82) is 0 Å². The van der Waals surface area contributed by atoms with Gasteiger partial charge in [0.1, 0.15) is 0 Å². The first-order chi connectivity index (χ1) is 10.9. The zero-order valence-electron chi connectivity index (χ0n) is 14.5. The fourth-order valence-electron chi connectivity index (χ4n) is 2.99. The summed E-state index contributed by atoms with van der Waals surface area (Å²) in [4.78, 5) is 26.6. The summed E-state index contributed by atoms with van der Waals surface area (Å²) in [6.07, 6.45) is 2.93. The van der Waals surface area contributed by atoms with Crippen LogP contribution < -0.4 is 10.6 Å². The van der Waals surface area contributed by atoms with Crippen molar-refractivity contribution < 1.29 is 9.59 Å². The van der Waals surface area contributed by atoms with Gasteiger partial charge in [-0.25, -0.2) is 0 Å². The van der Waals surface area contributed by atoms with E-state index in [9.17, 15) is 9.59 Å². The lowest BCUT2D eigenvalue weighted by Crippen LogP contribution is -2.47. The number of rotatable bonds is 4. The molecule has 1 aromatic heterocycles. The first-order valence-corrected chi connectivity index (χ1v) is 8.26. The molecule has 1 saturated heterocycles. The molecule has 2 heterocycles. The second-order valence-electron chi connectivity index (χ2n) is 6.21. The van der Waals surface area contributed by atoms with Crippen LogP contribution in [0.1, 0.15) is 37.6 Å². The van der Waals surface area contributed by atoms with Gasteiger partial charge in [0.2, 0.25) is 0 Å². The second-order valence-corrected chi connectivity index (χ2v) is 6.21. The lowest BCUT2D eigenvalue weighted by Gasteiger charge is -2.31. The highest BCUT2D eigenvalue weighted by molar-refractivity contribution is 6.39. The minimum absolute atomic E-state index is 0.0810. The number of carbonyl (C=O) groups excluding carboxylic acids is 2. The Hall–Kier alpha value is -1.89. The van der Waals surface area contributed by atoms with Gasteiger partial charge in [0.05, 0.1) is 17.1 Å². The molecule has 23 heavy (non-hydrogen) atoms. The maximum atomic E-state index is 12.1. The van der Waals surface area contributed by atoms with E-state index < -0.39 is 11.8 Å². The number of carbonyl (C=O) groups is 2. The Bertz CT molecular complexity index is 573. The summed E-state index contributed by atoms with van der Waals surface area (Å²) in [6.45, 7) is 8.88. The van der Waals surface area contributed by atoms with Gasteiger partial charge in [-0.3, -0.25) is 14.3 Å². The molecule has 7 heteroatoms. The van der Waals surface area contributed by atoms with Gasteiger partial charge in [0, 0.05) is 26.2 Å². The standard InChI is InChI=1S/C16H27N5O2/c1-5-8-21-9-6-13(7-10-21)17-15(22)16(23)18-14-11(2)19-20(4)12(14)3/h13H,5-10H2,1-4H3,(H,17,22)(H,18,23). The van der Waals surface area contributed by atoms with Crippen molar-refractivity contribution in [2.75, 3.05) is 25.0 Å². The molecule has 2 rings (SSSR count). The predicted molar refractivity (Wildman–Crippen MR) is 89.2 cm³/mol. The summed E-state index contributed by atoms with van der Waals surface area (Å²) in [5, 5.41) is 9.74. The Kier molecular flexibility index (Phi) is 5.76. The van der Waals surface area contributed by atoms with Gasteiger partial charge in [0.25, 0.3) is 0 Å². The highest BCUT2D eigenvalue weighted by Gasteiger charge is 2.24. The maximum Gasteiger partial charge on any atom is 0.313 e. The number of nitrogens with zero attached hydrogens (tertiary/aromatic N) is 3. The van der Waals surface area contributed by atoms with Crippen molar-refractivity contribution in [3.63, 3.8) is 0 Å². The predicted octanol–water partition coefficient (Wildman–Crippen LogP) is 0.966. The topological polar surface area (TPSA) is 79.3 Å². The molecule has 0 spiro atoms. The van der Waals surface area contributed by atoms with E-state index in [0.717, 1.165) is 44.6 Å². The van der Waals surface area contributed by atoms with Crippen LogP contribution in [0.15, 0.2) is 0 Å². The number of aromatic nitrogens is 2. The second kappa shape index (κ2) is 7.59. The van der Waals surface area contributed by atoms with Crippen LogP contribution in [0.2, 0.25) is 0 Å². The largest absolute Gasteiger partial charge is 0.345 e. The van der Waals surface area contributed by atoms with E-state index in [1.54, 1.807) is 4.68 Å². The number of aryl methyl sites for hydroxylation is 2. The van der Waals surface area contributed by atoms with Crippen molar-refractivity contribution in [2.45, 2.75) is 46.1 Å². The summed E-state index contributed by atoms with van der Waals surface area (Å²) in [5.74, 6) is -1.19. The molecule has 0 unspecified atom stereocenters. The lowest BCUT2D eigenvalue weighted by atomic mass is 10.0. The van der Waals surface area contributed by atoms with E-state index in [2.05, 4.69) is 27.6 Å². The van der Waals surface area contributed by atoms with Crippen molar-refractivity contribution >= 4 is 17.5 Å². The highest BCUT2D eigenvalue weighted by atomic mass is 16.2.